The van der Waals surface area contributed by atoms with E-state index in [9.17, 15) is 34.4 Å². The summed E-state index contributed by atoms with van der Waals surface area (Å²) in [6.45, 7) is 7.32. The molecular formula is C45H74NO12P. The predicted octanol–water partition coefficient (Wildman–Crippen LogP) is 8.28. The Kier molecular flexibility index (Phi) is 30.7. The number of esters is 2. The van der Waals surface area contributed by atoms with E-state index in [0.29, 0.717) is 12.8 Å². The largest absolute Gasteiger partial charge is 0.472 e. The fourth-order valence-corrected chi connectivity index (χ4v) is 6.62. The summed E-state index contributed by atoms with van der Waals surface area (Å²) >= 11 is 0. The van der Waals surface area contributed by atoms with Crippen molar-refractivity contribution in [1.29, 1.82) is 0 Å². The molecule has 0 aliphatic rings. The summed E-state index contributed by atoms with van der Waals surface area (Å²) in [4.78, 5) is 35.0. The minimum absolute atomic E-state index is 0.0131. The number of aryl methyl sites for hydroxylation is 2. The Balaban J connectivity index is 2.45. The molecule has 0 aromatic carbocycles. The lowest BCUT2D eigenvalue weighted by Gasteiger charge is -2.20. The molecule has 336 valence electrons. The summed E-state index contributed by atoms with van der Waals surface area (Å²) in [5, 5.41) is 30.5. The van der Waals surface area contributed by atoms with Crippen LogP contribution in [0.5, 0.6) is 0 Å². The average Bonchev–Trinajstić information content (AvgIpc) is 3.47. The number of hydrogen-bond acceptors (Lipinski definition) is 12. The normalized spacial score (nSPS) is 15.5. The van der Waals surface area contributed by atoms with E-state index in [2.05, 4.69) is 20.8 Å². The van der Waals surface area contributed by atoms with Gasteiger partial charge in [-0.25, -0.2) is 4.57 Å². The molecule has 0 aliphatic heterocycles. The van der Waals surface area contributed by atoms with Gasteiger partial charge in [0.05, 0.1) is 31.5 Å². The number of phosphoric ester groups is 1. The maximum atomic E-state index is 12.6. The van der Waals surface area contributed by atoms with Gasteiger partial charge in [0.25, 0.3) is 0 Å². The molecule has 6 N–H and O–H groups in total. The fourth-order valence-electron chi connectivity index (χ4n) is 5.86. The van der Waals surface area contributed by atoms with E-state index >= 15 is 0 Å². The summed E-state index contributed by atoms with van der Waals surface area (Å²) in [6, 6.07) is 0. The number of unbranched alkanes of at least 4 members (excludes halogenated alkanes) is 7. The van der Waals surface area contributed by atoms with Gasteiger partial charge in [0.15, 0.2) is 6.10 Å². The molecule has 0 aliphatic carbocycles. The number of rotatable bonds is 35. The molecule has 0 amide bonds. The van der Waals surface area contributed by atoms with Crippen LogP contribution in [0.3, 0.4) is 0 Å². The van der Waals surface area contributed by atoms with Gasteiger partial charge in [-0.2, -0.15) is 0 Å². The predicted molar refractivity (Wildman–Crippen MR) is 232 cm³/mol. The van der Waals surface area contributed by atoms with Crippen molar-refractivity contribution in [3.63, 3.8) is 0 Å². The van der Waals surface area contributed by atoms with Crippen LogP contribution in [0.4, 0.5) is 0 Å². The van der Waals surface area contributed by atoms with Crippen LogP contribution in [-0.4, -0.2) is 82.9 Å². The second-order valence-corrected chi connectivity index (χ2v) is 16.1. The molecule has 0 saturated heterocycles. The quantitative estimate of drug-likeness (QED) is 0.0143. The van der Waals surface area contributed by atoms with Crippen LogP contribution < -0.4 is 5.73 Å². The van der Waals surface area contributed by atoms with Gasteiger partial charge < -0.3 is 39.8 Å². The van der Waals surface area contributed by atoms with E-state index in [0.717, 1.165) is 69.3 Å². The molecule has 13 nitrogen and oxygen atoms in total. The van der Waals surface area contributed by atoms with Crippen molar-refractivity contribution in [2.45, 2.75) is 161 Å². The van der Waals surface area contributed by atoms with Crippen LogP contribution in [-0.2, 0) is 45.5 Å². The fraction of sp³-hybridized carbons (Fsp3) is 0.644. The Labute approximate surface area is 353 Å². The Morgan fingerprint density at radius 2 is 1.34 bits per heavy atom. The summed E-state index contributed by atoms with van der Waals surface area (Å²) in [5.41, 5.74) is 7.88. The monoisotopic (exact) mass is 851 g/mol. The van der Waals surface area contributed by atoms with Gasteiger partial charge in [0.1, 0.15) is 18.1 Å². The molecule has 0 spiro atoms. The Bertz CT molecular complexity index is 1480. The van der Waals surface area contributed by atoms with Crippen molar-refractivity contribution < 1.29 is 57.3 Å². The molecule has 1 aromatic rings. The van der Waals surface area contributed by atoms with E-state index < -0.39 is 57.4 Å². The maximum absolute atomic E-state index is 12.6. The standard InChI is InChI=1S/C45H74NO12P/c1-5-7-17-24-38(47)25-19-13-9-10-14-20-26-40(48)41(49)27-23-31-45(51)57-39(35-56-59(52,53)55-33-32-46)34-54-44(50)30-22-16-12-11-15-21-29-43-37(4)36(3)42(58-43)28-18-8-6-2/h7,9-10,13-14,17,19-20,25-26,38-41,47-49H,5-6,8,11-12,15-16,18,21-24,27-35,46H2,1-4H3,(H,52,53)/b13-9+,14-10-,17-7-,25-19+,26-20-/t38-,39+,40+,41+/m0/s1. The van der Waals surface area contributed by atoms with Crippen molar-refractivity contribution in [2.75, 3.05) is 26.4 Å². The first-order valence-corrected chi connectivity index (χ1v) is 22.9. The van der Waals surface area contributed by atoms with Crippen molar-refractivity contribution in [3.05, 3.63) is 83.4 Å². The van der Waals surface area contributed by atoms with Gasteiger partial charge >= 0.3 is 19.8 Å². The highest BCUT2D eigenvalue weighted by atomic mass is 31.2. The Morgan fingerprint density at radius 1 is 0.746 bits per heavy atom. The summed E-state index contributed by atoms with van der Waals surface area (Å²) < 4.78 is 38.8. The number of ether oxygens (including phenoxy) is 2. The van der Waals surface area contributed by atoms with Crippen molar-refractivity contribution >= 4 is 19.8 Å². The lowest BCUT2D eigenvalue weighted by Crippen LogP contribution is -2.30. The van der Waals surface area contributed by atoms with Gasteiger partial charge in [0.2, 0.25) is 0 Å². The molecule has 14 heteroatoms. The van der Waals surface area contributed by atoms with E-state index in [1.807, 2.05) is 19.1 Å². The van der Waals surface area contributed by atoms with Crippen LogP contribution >= 0.6 is 7.82 Å². The van der Waals surface area contributed by atoms with Crippen molar-refractivity contribution in [1.82, 2.24) is 0 Å². The average molecular weight is 852 g/mol. The van der Waals surface area contributed by atoms with Gasteiger partial charge in [-0.05, 0) is 69.9 Å². The van der Waals surface area contributed by atoms with Gasteiger partial charge in [-0.15, -0.1) is 0 Å². The maximum Gasteiger partial charge on any atom is 0.472 e. The third-order valence-corrected chi connectivity index (χ3v) is 10.4. The second kappa shape index (κ2) is 33.6. The number of hydrogen-bond donors (Lipinski definition) is 5. The summed E-state index contributed by atoms with van der Waals surface area (Å²) in [6.07, 6.45) is 26.1. The molecule has 0 radical (unpaired) electrons. The third kappa shape index (κ3) is 27.4. The number of phosphoric acid groups is 1. The highest BCUT2D eigenvalue weighted by Crippen LogP contribution is 2.43. The topological polar surface area (TPSA) is 208 Å². The lowest BCUT2D eigenvalue weighted by molar-refractivity contribution is -0.161. The molecule has 1 rings (SSSR count). The van der Waals surface area contributed by atoms with Crippen LogP contribution in [0.15, 0.2) is 65.2 Å². The molecule has 0 saturated carbocycles. The molecule has 1 aromatic heterocycles. The number of aliphatic hydroxyl groups excluding tert-OH is 3. The molecule has 1 heterocycles. The number of allylic oxidation sites excluding steroid dienone is 7. The van der Waals surface area contributed by atoms with Gasteiger partial charge in [0, 0.05) is 32.2 Å². The Morgan fingerprint density at radius 3 is 1.98 bits per heavy atom. The molecule has 5 atom stereocenters. The lowest BCUT2D eigenvalue weighted by atomic mass is 10.0. The zero-order valence-corrected chi connectivity index (χ0v) is 36.9. The minimum atomic E-state index is -4.49. The molecule has 0 fully saturated rings. The number of nitrogens with two attached hydrogens (primary N) is 1. The highest BCUT2D eigenvalue weighted by molar-refractivity contribution is 7.47. The van der Waals surface area contributed by atoms with E-state index in [-0.39, 0.29) is 38.8 Å². The third-order valence-electron chi connectivity index (χ3n) is 9.46. The SMILES string of the molecule is CC/C=C\C[C@H](O)/C=C/C=C/C=C\C=C/[C@@H](O)[C@H](O)CCCC(=O)O[C@H](COC(=O)CCCCCCCCc1oc(CCCCC)c(C)c1C)COP(=O)(O)OCCN. The van der Waals surface area contributed by atoms with E-state index in [1.165, 1.54) is 30.0 Å². The van der Waals surface area contributed by atoms with E-state index in [4.69, 9.17) is 28.7 Å². The zero-order chi connectivity index (χ0) is 43.7. The summed E-state index contributed by atoms with van der Waals surface area (Å²) in [7, 11) is -4.49. The first-order chi connectivity index (χ1) is 28.3. The van der Waals surface area contributed by atoms with Crippen LogP contribution in [0, 0.1) is 13.8 Å². The van der Waals surface area contributed by atoms with Crippen LogP contribution in [0.1, 0.15) is 133 Å². The van der Waals surface area contributed by atoms with Crippen molar-refractivity contribution in [2.24, 2.45) is 5.73 Å². The number of carbonyl (C=O) groups is 2. The number of carbonyl (C=O) groups excluding carboxylic acids is 2. The first kappa shape index (κ1) is 53.9. The first-order valence-electron chi connectivity index (χ1n) is 21.5. The molecule has 59 heavy (non-hydrogen) atoms. The zero-order valence-electron chi connectivity index (χ0n) is 36.0. The molecule has 1 unspecified atom stereocenters. The van der Waals surface area contributed by atoms with Crippen molar-refractivity contribution in [3.8, 4) is 0 Å². The highest BCUT2D eigenvalue weighted by Gasteiger charge is 2.26. The minimum Gasteiger partial charge on any atom is -0.466 e. The summed E-state index contributed by atoms with van der Waals surface area (Å²) in [5.74, 6) is 1.03. The molecule has 0 bridgehead atoms. The van der Waals surface area contributed by atoms with Crippen LogP contribution in [0.25, 0.3) is 0 Å². The number of aliphatic hydroxyl groups is 3. The molecular weight excluding hydrogens is 777 g/mol. The van der Waals surface area contributed by atoms with Gasteiger partial charge in [-0.1, -0.05) is 113 Å². The second-order valence-electron chi connectivity index (χ2n) is 14.6. The Hall–Kier alpha value is -3.13. The van der Waals surface area contributed by atoms with Crippen LogP contribution in [0.2, 0.25) is 0 Å². The van der Waals surface area contributed by atoms with Gasteiger partial charge in [-0.3, -0.25) is 18.6 Å². The number of furan rings is 1. The smallest absolute Gasteiger partial charge is 0.466 e. The van der Waals surface area contributed by atoms with E-state index in [1.54, 1.807) is 42.5 Å².